The normalized spacial score (nSPS) is 28.2. The number of piperidine rings is 1. The minimum atomic E-state index is -0.688. The number of aliphatic hydroxyl groups is 1. The largest absolute Gasteiger partial charge is 0.390 e. The van der Waals surface area contributed by atoms with E-state index in [4.69, 9.17) is 0 Å². The van der Waals surface area contributed by atoms with E-state index in [-0.39, 0.29) is 11.8 Å². The topological polar surface area (TPSA) is 72.5 Å². The number of aromatic amines is 1. The number of likely N-dealkylation sites (N-methyl/N-ethyl adjacent to an activating group) is 1. The van der Waals surface area contributed by atoms with Gasteiger partial charge in [0.05, 0.1) is 5.60 Å². The molecule has 0 spiro atoms. The summed E-state index contributed by atoms with van der Waals surface area (Å²) in [5.74, 6) is 0.628. The van der Waals surface area contributed by atoms with Crippen LogP contribution >= 0.6 is 0 Å². The molecule has 2 aliphatic rings. The summed E-state index contributed by atoms with van der Waals surface area (Å²) in [6.45, 7) is 9.21. The van der Waals surface area contributed by atoms with Gasteiger partial charge in [-0.2, -0.15) is 5.10 Å². The van der Waals surface area contributed by atoms with Gasteiger partial charge in [0.2, 0.25) is 0 Å². The van der Waals surface area contributed by atoms with Crippen LogP contribution in [0.5, 0.6) is 0 Å². The van der Waals surface area contributed by atoms with Crippen molar-refractivity contribution in [1.82, 2.24) is 20.0 Å². The lowest BCUT2D eigenvalue weighted by atomic mass is 9.78. The first-order valence-electron chi connectivity index (χ1n) is 9.04. The molecule has 1 aromatic heterocycles. The Bertz CT molecular complexity index is 608. The Morgan fingerprint density at radius 3 is 2.92 bits per heavy atom. The molecule has 2 aliphatic heterocycles. The first-order valence-corrected chi connectivity index (χ1v) is 9.04. The van der Waals surface area contributed by atoms with Crippen LogP contribution in [-0.2, 0) is 13.0 Å². The highest BCUT2D eigenvalue weighted by molar-refractivity contribution is 5.94. The Hall–Kier alpha value is -1.40. The minimum Gasteiger partial charge on any atom is -0.390 e. The summed E-state index contributed by atoms with van der Waals surface area (Å²) in [5, 5.41) is 18.1. The van der Waals surface area contributed by atoms with Crippen molar-refractivity contribution in [2.45, 2.75) is 52.2 Å². The molecule has 134 valence electrons. The molecule has 1 fully saturated rings. The Labute approximate surface area is 144 Å². The number of aromatic nitrogens is 2. The first-order chi connectivity index (χ1) is 11.3. The molecular weight excluding hydrogens is 304 g/mol. The number of nitrogens with zero attached hydrogens (tertiary/aromatic N) is 3. The second kappa shape index (κ2) is 6.48. The maximum Gasteiger partial charge on any atom is 0.274 e. The van der Waals surface area contributed by atoms with Crippen molar-refractivity contribution in [1.29, 1.82) is 0 Å². The van der Waals surface area contributed by atoms with Gasteiger partial charge in [-0.1, -0.05) is 13.8 Å². The van der Waals surface area contributed by atoms with Crippen molar-refractivity contribution in [3.8, 4) is 0 Å². The molecule has 6 heteroatoms. The first kappa shape index (κ1) is 17.4. The Balaban J connectivity index is 1.77. The number of carbonyl (C=O) groups excluding carboxylic acids is 1. The summed E-state index contributed by atoms with van der Waals surface area (Å²) in [6, 6.07) is 0. The van der Waals surface area contributed by atoms with Crippen LogP contribution < -0.4 is 0 Å². The molecule has 0 radical (unpaired) electrons. The molecule has 0 saturated carbocycles. The lowest BCUT2D eigenvalue weighted by Crippen LogP contribution is -2.52. The molecular formula is C18H30N4O2. The Morgan fingerprint density at radius 2 is 2.21 bits per heavy atom. The van der Waals surface area contributed by atoms with E-state index in [0.717, 1.165) is 37.2 Å². The van der Waals surface area contributed by atoms with Crippen LogP contribution in [0.1, 0.15) is 55.4 Å². The lowest BCUT2D eigenvalue weighted by molar-refractivity contribution is -0.0578. The quantitative estimate of drug-likeness (QED) is 0.882. The standard InChI is InChI=1S/C18H30N4O2/c1-12(2)9-13-10-22(8-6-18(13,3)24)17(23)16-14-11-21(4)7-5-15(14)19-20-16/h12-13,24H,5-11H2,1-4H3,(H,19,20)/t13-,18+/m0/s1. The highest BCUT2D eigenvalue weighted by atomic mass is 16.3. The molecule has 1 amide bonds. The fourth-order valence-corrected chi connectivity index (χ4v) is 3.96. The number of fused-ring (bicyclic) bond motifs is 1. The average molecular weight is 334 g/mol. The van der Waals surface area contributed by atoms with Gasteiger partial charge in [0.25, 0.3) is 5.91 Å². The zero-order chi connectivity index (χ0) is 17.5. The van der Waals surface area contributed by atoms with Crippen LogP contribution in [0.4, 0.5) is 0 Å². The van der Waals surface area contributed by atoms with Crippen molar-refractivity contribution in [2.75, 3.05) is 26.7 Å². The summed E-state index contributed by atoms with van der Waals surface area (Å²) < 4.78 is 0. The summed E-state index contributed by atoms with van der Waals surface area (Å²) in [5.41, 5.74) is 2.03. The van der Waals surface area contributed by atoms with Crippen LogP contribution in [0.15, 0.2) is 0 Å². The highest BCUT2D eigenvalue weighted by Gasteiger charge is 2.40. The van der Waals surface area contributed by atoms with E-state index < -0.39 is 5.60 Å². The van der Waals surface area contributed by atoms with Crippen molar-refractivity contribution >= 4 is 5.91 Å². The van der Waals surface area contributed by atoms with Gasteiger partial charge in [-0.05, 0) is 32.7 Å². The predicted octanol–water partition coefficient (Wildman–Crippen LogP) is 1.66. The second-order valence-corrected chi connectivity index (χ2v) is 8.20. The average Bonchev–Trinajstić information content (AvgIpc) is 2.91. The number of likely N-dealkylation sites (tertiary alicyclic amines) is 1. The fourth-order valence-electron chi connectivity index (χ4n) is 3.96. The van der Waals surface area contributed by atoms with E-state index in [1.165, 1.54) is 0 Å². The van der Waals surface area contributed by atoms with Crippen molar-refractivity contribution in [3.05, 3.63) is 17.0 Å². The smallest absolute Gasteiger partial charge is 0.274 e. The van der Waals surface area contributed by atoms with E-state index in [0.29, 0.717) is 31.1 Å². The van der Waals surface area contributed by atoms with Gasteiger partial charge in [-0.15, -0.1) is 0 Å². The molecule has 1 aromatic rings. The number of H-pyrrole nitrogens is 1. The number of hydrogen-bond acceptors (Lipinski definition) is 4. The van der Waals surface area contributed by atoms with E-state index >= 15 is 0 Å². The molecule has 0 bridgehead atoms. The van der Waals surface area contributed by atoms with Gasteiger partial charge in [0.15, 0.2) is 5.69 Å². The summed E-state index contributed by atoms with van der Waals surface area (Å²) in [7, 11) is 2.07. The second-order valence-electron chi connectivity index (χ2n) is 8.20. The maximum absolute atomic E-state index is 13.0. The molecule has 3 rings (SSSR count). The zero-order valence-corrected chi connectivity index (χ0v) is 15.3. The number of carbonyl (C=O) groups is 1. The molecule has 2 N–H and O–H groups in total. The van der Waals surface area contributed by atoms with Gasteiger partial charge >= 0.3 is 0 Å². The molecule has 3 heterocycles. The number of rotatable bonds is 3. The van der Waals surface area contributed by atoms with Crippen LogP contribution in [0.3, 0.4) is 0 Å². The van der Waals surface area contributed by atoms with Crippen LogP contribution in [-0.4, -0.2) is 63.3 Å². The highest BCUT2D eigenvalue weighted by Crippen LogP contribution is 2.33. The molecule has 24 heavy (non-hydrogen) atoms. The molecule has 0 aromatic carbocycles. The van der Waals surface area contributed by atoms with E-state index in [1.54, 1.807) is 0 Å². The van der Waals surface area contributed by atoms with E-state index in [9.17, 15) is 9.90 Å². The van der Waals surface area contributed by atoms with E-state index in [2.05, 4.69) is 36.0 Å². The van der Waals surface area contributed by atoms with Gasteiger partial charge < -0.3 is 14.9 Å². The van der Waals surface area contributed by atoms with Gasteiger partial charge in [0.1, 0.15) is 0 Å². The lowest BCUT2D eigenvalue weighted by Gasteiger charge is -2.43. The molecule has 1 saturated heterocycles. The fraction of sp³-hybridized carbons (Fsp3) is 0.778. The van der Waals surface area contributed by atoms with Crippen LogP contribution in [0.25, 0.3) is 0 Å². The van der Waals surface area contributed by atoms with Crippen LogP contribution in [0, 0.1) is 11.8 Å². The SMILES string of the molecule is CC(C)C[C@H]1CN(C(=O)c2n[nH]c3c2CN(C)CC3)CC[C@@]1(C)O. The molecule has 0 unspecified atom stereocenters. The van der Waals surface area contributed by atoms with Gasteiger partial charge in [0, 0.05) is 49.8 Å². The summed E-state index contributed by atoms with van der Waals surface area (Å²) in [4.78, 5) is 17.1. The minimum absolute atomic E-state index is 0.00653. The third-order valence-corrected chi connectivity index (χ3v) is 5.58. The third-order valence-electron chi connectivity index (χ3n) is 5.58. The Morgan fingerprint density at radius 1 is 1.46 bits per heavy atom. The third kappa shape index (κ3) is 3.35. The van der Waals surface area contributed by atoms with Crippen LogP contribution in [0.2, 0.25) is 0 Å². The van der Waals surface area contributed by atoms with Crippen molar-refractivity contribution in [2.24, 2.45) is 11.8 Å². The van der Waals surface area contributed by atoms with Crippen molar-refractivity contribution < 1.29 is 9.90 Å². The van der Waals surface area contributed by atoms with Crippen molar-refractivity contribution in [3.63, 3.8) is 0 Å². The van der Waals surface area contributed by atoms with E-state index in [1.807, 2.05) is 11.8 Å². The zero-order valence-electron chi connectivity index (χ0n) is 15.3. The number of amides is 1. The monoisotopic (exact) mass is 334 g/mol. The van der Waals surface area contributed by atoms with Gasteiger partial charge in [-0.3, -0.25) is 9.89 Å². The summed E-state index contributed by atoms with van der Waals surface area (Å²) in [6.07, 6.45) is 2.47. The summed E-state index contributed by atoms with van der Waals surface area (Å²) >= 11 is 0. The molecule has 0 aliphatic carbocycles. The molecule has 6 nitrogen and oxygen atoms in total. The number of hydrogen-bond donors (Lipinski definition) is 2. The Kier molecular flexibility index (Phi) is 4.71. The number of nitrogens with one attached hydrogen (secondary N) is 1. The van der Waals surface area contributed by atoms with Gasteiger partial charge in [-0.25, -0.2) is 0 Å². The molecule has 2 atom stereocenters. The maximum atomic E-state index is 13.0. The predicted molar refractivity (Wildman–Crippen MR) is 92.7 cm³/mol.